The van der Waals surface area contributed by atoms with Crippen molar-refractivity contribution in [2.75, 3.05) is 5.75 Å². The van der Waals surface area contributed by atoms with Gasteiger partial charge in [0.25, 0.3) is 5.56 Å². The third kappa shape index (κ3) is 2.91. The minimum atomic E-state index is -0.126. The molecule has 0 aliphatic rings. The normalized spacial score (nSPS) is 10.7. The molecule has 6 heteroatoms. The first-order chi connectivity index (χ1) is 10.2. The van der Waals surface area contributed by atoms with Crippen LogP contribution in [0.5, 0.6) is 0 Å². The second kappa shape index (κ2) is 6.06. The molecule has 0 saturated carbocycles. The number of nitrogens with zero attached hydrogens (tertiary/aromatic N) is 1. The Kier molecular flexibility index (Phi) is 4.15. The lowest BCUT2D eigenvalue weighted by Gasteiger charge is -2.01. The maximum absolute atomic E-state index is 12.3. The number of aromatic amines is 1. The number of thiophene rings is 1. The Morgan fingerprint density at radius 2 is 2.14 bits per heavy atom. The van der Waals surface area contributed by atoms with Crippen molar-refractivity contribution < 1.29 is 0 Å². The highest BCUT2D eigenvalue weighted by atomic mass is 79.9. The zero-order valence-corrected chi connectivity index (χ0v) is 13.9. The van der Waals surface area contributed by atoms with Crippen LogP contribution in [0.15, 0.2) is 44.1 Å². The van der Waals surface area contributed by atoms with E-state index < -0.39 is 0 Å². The maximum Gasteiger partial charge on any atom is 0.260 e. The molecule has 0 fully saturated rings. The van der Waals surface area contributed by atoms with Crippen LogP contribution in [0.2, 0.25) is 0 Å². The molecule has 3 nitrogen and oxygen atoms in total. The minimum Gasteiger partial charge on any atom is -0.301 e. The molecule has 0 aliphatic heterocycles. The van der Waals surface area contributed by atoms with Crippen LogP contribution in [0.4, 0.5) is 0 Å². The fourth-order valence-corrected chi connectivity index (χ4v) is 3.76. The first-order valence-electron chi connectivity index (χ1n) is 6.03. The van der Waals surface area contributed by atoms with E-state index in [1.165, 1.54) is 23.1 Å². The van der Waals surface area contributed by atoms with Crippen molar-refractivity contribution in [1.29, 1.82) is 0 Å². The van der Waals surface area contributed by atoms with Crippen molar-refractivity contribution in [3.8, 4) is 23.5 Å². The minimum absolute atomic E-state index is 0.126. The van der Waals surface area contributed by atoms with Crippen LogP contribution in [-0.4, -0.2) is 15.7 Å². The molecule has 0 atom stereocenters. The van der Waals surface area contributed by atoms with Crippen LogP contribution in [-0.2, 0) is 0 Å². The number of hydrogen-bond acceptors (Lipinski definition) is 4. The fraction of sp³-hybridized carbons (Fsp3) is 0.0667. The fourth-order valence-electron chi connectivity index (χ4n) is 1.95. The summed E-state index contributed by atoms with van der Waals surface area (Å²) < 4.78 is 1.01. The number of fused-ring (bicyclic) bond motifs is 1. The quantitative estimate of drug-likeness (QED) is 0.424. The third-order valence-electron chi connectivity index (χ3n) is 2.87. The van der Waals surface area contributed by atoms with E-state index in [2.05, 4.69) is 31.8 Å². The number of nitrogens with one attached hydrogen (secondary N) is 1. The molecule has 1 aromatic carbocycles. The molecule has 3 aromatic rings. The summed E-state index contributed by atoms with van der Waals surface area (Å²) in [5.74, 6) is 3.01. The molecule has 104 valence electrons. The van der Waals surface area contributed by atoms with E-state index in [0.717, 1.165) is 20.4 Å². The highest BCUT2D eigenvalue weighted by Gasteiger charge is 2.12. The van der Waals surface area contributed by atoms with E-state index in [1.54, 1.807) is 0 Å². The number of halogens is 1. The van der Waals surface area contributed by atoms with E-state index in [4.69, 9.17) is 6.42 Å². The Morgan fingerprint density at radius 3 is 2.86 bits per heavy atom. The van der Waals surface area contributed by atoms with Crippen molar-refractivity contribution in [3.05, 3.63) is 44.5 Å². The van der Waals surface area contributed by atoms with Crippen LogP contribution in [0.25, 0.3) is 21.3 Å². The smallest absolute Gasteiger partial charge is 0.260 e. The Balaban J connectivity index is 2.12. The molecule has 3 rings (SSSR count). The van der Waals surface area contributed by atoms with Gasteiger partial charge in [-0.1, -0.05) is 45.7 Å². The largest absolute Gasteiger partial charge is 0.301 e. The van der Waals surface area contributed by atoms with Crippen LogP contribution in [0.3, 0.4) is 0 Å². The topological polar surface area (TPSA) is 45.8 Å². The number of benzene rings is 1. The molecule has 2 aromatic heterocycles. The zero-order valence-electron chi connectivity index (χ0n) is 10.7. The van der Waals surface area contributed by atoms with E-state index in [9.17, 15) is 4.79 Å². The number of H-pyrrole nitrogens is 1. The average molecular weight is 377 g/mol. The van der Waals surface area contributed by atoms with Gasteiger partial charge < -0.3 is 4.98 Å². The van der Waals surface area contributed by atoms with Crippen molar-refractivity contribution >= 4 is 49.2 Å². The average Bonchev–Trinajstić information content (AvgIpc) is 2.90. The van der Waals surface area contributed by atoms with Crippen LogP contribution in [0, 0.1) is 12.3 Å². The van der Waals surface area contributed by atoms with Gasteiger partial charge in [-0.2, -0.15) is 0 Å². The predicted octanol–water partition coefficient (Wildman–Crippen LogP) is 4.14. The van der Waals surface area contributed by atoms with Crippen LogP contribution in [0.1, 0.15) is 0 Å². The molecule has 0 aliphatic carbocycles. The van der Waals surface area contributed by atoms with E-state index >= 15 is 0 Å². The van der Waals surface area contributed by atoms with E-state index in [0.29, 0.717) is 16.3 Å². The van der Waals surface area contributed by atoms with Gasteiger partial charge in [-0.05, 0) is 17.7 Å². The molecule has 1 N–H and O–H groups in total. The van der Waals surface area contributed by atoms with Gasteiger partial charge in [0, 0.05) is 15.4 Å². The third-order valence-corrected chi connectivity index (χ3v) is 5.05. The summed E-state index contributed by atoms with van der Waals surface area (Å²) in [6.45, 7) is 0. The van der Waals surface area contributed by atoms with E-state index in [-0.39, 0.29) is 5.56 Å². The Hall–Kier alpha value is -1.55. The Labute approximate surface area is 137 Å². The van der Waals surface area contributed by atoms with Gasteiger partial charge >= 0.3 is 0 Å². The van der Waals surface area contributed by atoms with Crippen LogP contribution < -0.4 is 5.56 Å². The molecule has 0 radical (unpaired) electrons. The Bertz CT molecular complexity index is 891. The van der Waals surface area contributed by atoms with Gasteiger partial charge in [0.1, 0.15) is 4.83 Å². The van der Waals surface area contributed by atoms with Gasteiger partial charge in [-0.25, -0.2) is 4.98 Å². The first-order valence-corrected chi connectivity index (χ1v) is 8.68. The van der Waals surface area contributed by atoms with Gasteiger partial charge in [-0.15, -0.1) is 17.8 Å². The molecule has 21 heavy (non-hydrogen) atoms. The summed E-state index contributed by atoms with van der Waals surface area (Å²) in [7, 11) is 0. The molecule has 0 bridgehead atoms. The molecule has 0 unspecified atom stereocenters. The van der Waals surface area contributed by atoms with Gasteiger partial charge in [-0.3, -0.25) is 4.79 Å². The highest BCUT2D eigenvalue weighted by molar-refractivity contribution is 9.10. The molecule has 0 saturated heterocycles. The number of aromatic nitrogens is 2. The lowest BCUT2D eigenvalue weighted by atomic mass is 10.1. The maximum atomic E-state index is 12.3. The lowest BCUT2D eigenvalue weighted by molar-refractivity contribution is 0.983. The number of terminal acetylenes is 1. The van der Waals surface area contributed by atoms with Crippen molar-refractivity contribution in [2.24, 2.45) is 0 Å². The number of hydrogen-bond donors (Lipinski definition) is 1. The molecular formula is C15H9BrN2OS2. The molecule has 2 heterocycles. The lowest BCUT2D eigenvalue weighted by Crippen LogP contribution is -2.08. The monoisotopic (exact) mass is 376 g/mol. The summed E-state index contributed by atoms with van der Waals surface area (Å²) in [6.07, 6.45) is 5.23. The zero-order chi connectivity index (χ0) is 14.8. The predicted molar refractivity (Wildman–Crippen MR) is 92.9 cm³/mol. The van der Waals surface area contributed by atoms with Crippen molar-refractivity contribution in [3.63, 3.8) is 0 Å². The summed E-state index contributed by atoms with van der Waals surface area (Å²) >= 11 is 6.23. The summed E-state index contributed by atoms with van der Waals surface area (Å²) in [4.78, 5) is 20.3. The van der Waals surface area contributed by atoms with Gasteiger partial charge in [0.2, 0.25) is 0 Å². The van der Waals surface area contributed by atoms with E-state index in [1.807, 2.05) is 29.6 Å². The number of thioether (sulfide) groups is 1. The highest BCUT2D eigenvalue weighted by Crippen LogP contribution is 2.32. The van der Waals surface area contributed by atoms with Gasteiger partial charge in [0.15, 0.2) is 5.16 Å². The van der Waals surface area contributed by atoms with Crippen molar-refractivity contribution in [1.82, 2.24) is 9.97 Å². The molecule has 0 amide bonds. The standard InChI is InChI=1S/C15H9BrN2OS2/c1-2-7-20-15-17-13(19)12-11(8-21-14(12)18-15)9-3-5-10(16)6-4-9/h1,3-6,8H,7H2,(H,17,18,19). The molecular weight excluding hydrogens is 368 g/mol. The summed E-state index contributed by atoms with van der Waals surface area (Å²) in [5, 5.41) is 3.16. The second-order valence-corrected chi connectivity index (χ2v) is 6.94. The van der Waals surface area contributed by atoms with Crippen LogP contribution >= 0.6 is 39.0 Å². The summed E-state index contributed by atoms with van der Waals surface area (Å²) in [5.41, 5.74) is 1.78. The van der Waals surface area contributed by atoms with Gasteiger partial charge in [0.05, 0.1) is 11.1 Å². The Morgan fingerprint density at radius 1 is 1.38 bits per heavy atom. The SMILES string of the molecule is C#CCSc1nc2scc(-c3ccc(Br)cc3)c2c(=O)[nH]1. The molecule has 0 spiro atoms. The van der Waals surface area contributed by atoms with Crippen molar-refractivity contribution in [2.45, 2.75) is 5.16 Å². The summed E-state index contributed by atoms with van der Waals surface area (Å²) in [6, 6.07) is 7.87. The first kappa shape index (κ1) is 14.4. The second-order valence-electron chi connectivity index (χ2n) is 4.20. The number of rotatable bonds is 3.